The largest absolute Gasteiger partial charge is 0.678 e. The molecule has 8 rings (SSSR count). The average Bonchev–Trinajstić information content (AvgIpc) is 4.28. The first-order valence-electron chi connectivity index (χ1n) is 24.8. The van der Waals surface area contributed by atoms with Gasteiger partial charge in [-0.3, -0.25) is 17.3 Å². The minimum absolute atomic E-state index is 0.0175. The first kappa shape index (κ1) is 55.5. The van der Waals surface area contributed by atoms with E-state index < -0.39 is 82.3 Å². The fourth-order valence-corrected chi connectivity index (χ4v) is 11.2. The van der Waals surface area contributed by atoms with Crippen LogP contribution < -0.4 is 20.2 Å². The van der Waals surface area contributed by atoms with Crippen molar-refractivity contribution in [1.82, 2.24) is 18.9 Å². The number of rotatable bonds is 22. The van der Waals surface area contributed by atoms with E-state index in [-0.39, 0.29) is 41.6 Å². The zero-order valence-electron chi connectivity index (χ0n) is 41.2. The topological polar surface area (TPSA) is 102 Å². The van der Waals surface area contributed by atoms with Gasteiger partial charge < -0.3 is 18.4 Å². The molecule has 0 unspecified atom stereocenters. The van der Waals surface area contributed by atoms with Crippen molar-refractivity contribution in [2.75, 3.05) is 13.2 Å². The highest BCUT2D eigenvalue weighted by atomic mass is 32.1. The Hall–Kier alpha value is -6.77. The summed E-state index contributed by atoms with van der Waals surface area (Å²) in [5.74, 6) is 0.700. The van der Waals surface area contributed by atoms with E-state index in [9.17, 15) is 36.9 Å². The van der Waals surface area contributed by atoms with Crippen molar-refractivity contribution in [3.8, 4) is 46.2 Å². The SMILES string of the molecule is CCCCCCCCOc1ccc(-c2c3/c(=C(\C#N)c4nc5ccc(C(F)(F)F)cc5s4)n(B(F)F)c(-c4ccc(OCCCCCCCC)cc4)c3/c(=C(\C#N)c3nc4ccc(C(F)(F)F)cc4s3)n2B(F)F)cc1. The molecule has 4 aromatic heterocycles. The molecule has 76 heavy (non-hydrogen) atoms. The van der Waals surface area contributed by atoms with Gasteiger partial charge in [-0.15, -0.1) is 22.7 Å². The molecule has 8 nitrogen and oxygen atoms in total. The molecule has 0 spiro atoms. The van der Waals surface area contributed by atoms with Crippen LogP contribution in [-0.4, -0.2) is 46.9 Å². The predicted octanol–water partition coefficient (Wildman–Crippen LogP) is 15.5. The molecule has 0 bridgehead atoms. The normalized spacial score (nSPS) is 12.8. The first-order valence-corrected chi connectivity index (χ1v) is 26.5. The number of thiazole rings is 2. The Morgan fingerprint density at radius 1 is 0.526 bits per heavy atom. The Balaban J connectivity index is 1.46. The molecule has 0 atom stereocenters. The molecule has 0 N–H and O–H groups in total. The third-order valence-corrected chi connectivity index (χ3v) is 15.0. The van der Waals surface area contributed by atoms with Crippen molar-refractivity contribution >= 4 is 79.8 Å². The van der Waals surface area contributed by atoms with Crippen molar-refractivity contribution < 1.29 is 53.1 Å². The number of halogens is 10. The molecule has 0 saturated heterocycles. The smallest absolute Gasteiger partial charge is 0.494 e. The maximum atomic E-state index is 16.5. The van der Waals surface area contributed by atoms with E-state index in [0.29, 0.717) is 56.3 Å². The fourth-order valence-electron chi connectivity index (χ4n) is 9.23. The molecule has 0 aliphatic heterocycles. The van der Waals surface area contributed by atoms with Crippen LogP contribution in [0.15, 0.2) is 84.9 Å². The van der Waals surface area contributed by atoms with Gasteiger partial charge in [-0.2, -0.15) is 36.9 Å². The van der Waals surface area contributed by atoms with E-state index in [1.165, 1.54) is 48.5 Å². The standard InChI is InChI=1S/C54H48B2F10N6O2S2/c1-3-5-7-9-11-13-27-73-37-21-15-33(16-22-37)47-45-46(50(71(47)55(63)64)40(32-68)52-70-42-26-20-36(54(60,61)62)30-44(42)76-52)48(34-17-23-38(24-18-34)74-28-14-12-10-8-6-4-2)72(56(65)66)49(45)39(31-67)51-69-41-25-19-35(53(57,58)59)29-43(41)75-51/h15-26,29-30H,3-14,27-28H2,1-2H3/b49-39-,50-40-. The van der Waals surface area contributed by atoms with Crippen LogP contribution in [0.1, 0.15) is 112 Å². The molecular formula is C54H48B2F10N6O2S2. The lowest BCUT2D eigenvalue weighted by Crippen LogP contribution is -2.32. The lowest BCUT2D eigenvalue weighted by Gasteiger charge is -2.13. The van der Waals surface area contributed by atoms with Gasteiger partial charge in [-0.1, -0.05) is 78.1 Å². The van der Waals surface area contributed by atoms with Gasteiger partial charge in [0.25, 0.3) is 0 Å². The Kier molecular flexibility index (Phi) is 17.6. The summed E-state index contributed by atoms with van der Waals surface area (Å²) in [6, 6.07) is 20.8. The van der Waals surface area contributed by atoms with Gasteiger partial charge in [-0.25, -0.2) is 9.97 Å². The molecule has 8 aromatic rings. The summed E-state index contributed by atoms with van der Waals surface area (Å²) >= 11 is 1.18. The molecular weight excluding hydrogens is 1040 g/mol. The molecule has 0 aliphatic carbocycles. The van der Waals surface area contributed by atoms with Crippen LogP contribution >= 0.6 is 22.7 Å². The Morgan fingerprint density at radius 3 is 1.21 bits per heavy atom. The lowest BCUT2D eigenvalue weighted by molar-refractivity contribution is -0.138. The molecule has 0 fully saturated rings. The van der Waals surface area contributed by atoms with Crippen molar-refractivity contribution in [3.63, 3.8) is 0 Å². The van der Waals surface area contributed by atoms with E-state index in [2.05, 4.69) is 23.8 Å². The van der Waals surface area contributed by atoms with Gasteiger partial charge in [0.1, 0.15) is 44.8 Å². The van der Waals surface area contributed by atoms with Gasteiger partial charge in [0.15, 0.2) is 0 Å². The molecule has 394 valence electrons. The van der Waals surface area contributed by atoms with Crippen molar-refractivity contribution in [3.05, 3.63) is 117 Å². The Bertz CT molecular complexity index is 3320. The van der Waals surface area contributed by atoms with E-state index in [0.717, 1.165) is 113 Å². The summed E-state index contributed by atoms with van der Waals surface area (Å²) in [7, 11) is -7.13. The highest BCUT2D eigenvalue weighted by Crippen LogP contribution is 2.40. The third-order valence-electron chi connectivity index (χ3n) is 12.9. The molecule has 0 aliphatic rings. The number of fused-ring (bicyclic) bond motifs is 3. The van der Waals surface area contributed by atoms with Crippen LogP contribution in [-0.2, 0) is 12.4 Å². The van der Waals surface area contributed by atoms with Gasteiger partial charge >= 0.3 is 27.2 Å². The number of nitrogens with zero attached hydrogens (tertiary/aromatic N) is 6. The van der Waals surface area contributed by atoms with E-state index >= 15 is 17.3 Å². The van der Waals surface area contributed by atoms with Gasteiger partial charge in [0, 0.05) is 10.8 Å². The minimum atomic E-state index is -4.78. The van der Waals surface area contributed by atoms with Crippen LogP contribution in [0.4, 0.5) is 43.6 Å². The summed E-state index contributed by atoms with van der Waals surface area (Å²) in [5.41, 5.74) is -4.33. The van der Waals surface area contributed by atoms with Crippen molar-refractivity contribution in [1.29, 1.82) is 10.5 Å². The summed E-state index contributed by atoms with van der Waals surface area (Å²) in [6.07, 6.45) is 2.28. The molecule has 0 saturated carbocycles. The van der Waals surface area contributed by atoms with Crippen LogP contribution in [0.5, 0.6) is 11.5 Å². The number of hydrogen-bond acceptors (Lipinski definition) is 8. The van der Waals surface area contributed by atoms with Crippen molar-refractivity contribution in [2.24, 2.45) is 0 Å². The quantitative estimate of drug-likeness (QED) is 0.0381. The van der Waals surface area contributed by atoms with Crippen LogP contribution in [0, 0.1) is 22.7 Å². The fraction of sp³-hybridized carbons (Fsp3) is 0.333. The van der Waals surface area contributed by atoms with Crippen molar-refractivity contribution in [2.45, 2.75) is 103 Å². The zero-order valence-corrected chi connectivity index (χ0v) is 42.9. The Morgan fingerprint density at radius 2 is 0.882 bits per heavy atom. The number of hydrogen-bond donors (Lipinski definition) is 0. The second kappa shape index (κ2) is 24.1. The van der Waals surface area contributed by atoms with E-state index in [1.807, 2.05) is 12.1 Å². The lowest BCUT2D eigenvalue weighted by atomic mass is 10.0. The minimum Gasteiger partial charge on any atom is -0.494 e. The summed E-state index contributed by atoms with van der Waals surface area (Å²) in [4.78, 5) is 8.84. The Labute approximate surface area is 439 Å². The maximum absolute atomic E-state index is 16.5. The second-order valence-electron chi connectivity index (χ2n) is 18.1. The number of aromatic nitrogens is 4. The number of nitriles is 2. The average molecular weight is 1090 g/mol. The molecule has 0 amide bonds. The summed E-state index contributed by atoms with van der Waals surface area (Å²) < 4.78 is 162. The highest BCUT2D eigenvalue weighted by Gasteiger charge is 2.38. The molecule has 22 heteroatoms. The van der Waals surface area contributed by atoms with Gasteiger partial charge in [-0.05, 0) is 109 Å². The number of ether oxygens (including phenoxy) is 2. The molecule has 0 radical (unpaired) electrons. The molecule has 4 heterocycles. The summed E-state index contributed by atoms with van der Waals surface area (Å²) in [5, 5.41) is 19.5. The van der Waals surface area contributed by atoms with Crippen LogP contribution in [0.25, 0.3) is 64.9 Å². The maximum Gasteiger partial charge on any atom is 0.678 e. The number of unbranched alkanes of at least 4 members (excludes halogenated alkanes) is 10. The first-order chi connectivity index (χ1) is 36.5. The third kappa shape index (κ3) is 11.9. The van der Waals surface area contributed by atoms with E-state index in [1.54, 1.807) is 0 Å². The van der Waals surface area contributed by atoms with Crippen LogP contribution in [0.3, 0.4) is 0 Å². The molecule has 4 aromatic carbocycles. The van der Waals surface area contributed by atoms with Gasteiger partial charge in [0.05, 0.1) is 66.9 Å². The van der Waals surface area contributed by atoms with Crippen LogP contribution in [0.2, 0.25) is 0 Å². The highest BCUT2D eigenvalue weighted by molar-refractivity contribution is 7.20. The second-order valence-corrected chi connectivity index (χ2v) is 20.2. The number of alkyl halides is 6. The van der Waals surface area contributed by atoms with Gasteiger partial charge in [0.2, 0.25) is 0 Å². The van der Waals surface area contributed by atoms with E-state index in [4.69, 9.17) is 9.47 Å². The summed E-state index contributed by atoms with van der Waals surface area (Å²) in [6.45, 7) is 4.89. The monoisotopic (exact) mass is 1090 g/mol. The predicted molar refractivity (Wildman–Crippen MR) is 280 cm³/mol. The number of benzene rings is 4. The zero-order chi connectivity index (χ0) is 54.3.